The summed E-state index contributed by atoms with van der Waals surface area (Å²) in [6.45, 7) is 0. The van der Waals surface area contributed by atoms with Crippen LogP contribution in [0.2, 0.25) is 0 Å². The molecule has 58 valence electrons. The van der Waals surface area contributed by atoms with E-state index in [0.717, 1.165) is 6.42 Å². The molecule has 1 aromatic rings. The number of allylic oxidation sites excluding steroid dienone is 2. The van der Waals surface area contributed by atoms with Gasteiger partial charge in [0.1, 0.15) is 0 Å². The lowest BCUT2D eigenvalue weighted by atomic mass is 9.86. The maximum Gasteiger partial charge on any atom is 0.0236 e. The zero-order valence-corrected chi connectivity index (χ0v) is 7.40. The third-order valence-electron chi connectivity index (χ3n) is 2.37. The molecule has 0 radical (unpaired) electrons. The molecule has 0 saturated carbocycles. The van der Waals surface area contributed by atoms with Crippen molar-refractivity contribution >= 4 is 22.2 Å². The molecule has 0 spiro atoms. The van der Waals surface area contributed by atoms with E-state index in [1.807, 2.05) is 11.8 Å². The van der Waals surface area contributed by atoms with Gasteiger partial charge in [-0.1, -0.05) is 42.1 Å². The summed E-state index contributed by atoms with van der Waals surface area (Å²) in [4.78, 5) is 1.49. The van der Waals surface area contributed by atoms with Gasteiger partial charge in [0.05, 0.1) is 0 Å². The van der Waals surface area contributed by atoms with Gasteiger partial charge in [-0.15, -0.1) is 0 Å². The number of thioether (sulfide) groups is 1. The molecule has 0 bridgehead atoms. The summed E-state index contributed by atoms with van der Waals surface area (Å²) in [5.74, 6) is 0. The van der Waals surface area contributed by atoms with E-state index in [1.165, 1.54) is 21.6 Å². The second kappa shape index (κ2) is 2.27. The molecule has 0 nitrogen and oxygen atoms in total. The van der Waals surface area contributed by atoms with Gasteiger partial charge in [-0.3, -0.25) is 0 Å². The Balaban J connectivity index is 2.14. The lowest BCUT2D eigenvalue weighted by Crippen LogP contribution is -2.04. The maximum atomic E-state index is 2.24. The molecule has 2 aliphatic rings. The summed E-state index contributed by atoms with van der Waals surface area (Å²) >= 11 is 1.85. The van der Waals surface area contributed by atoms with Gasteiger partial charge in [-0.05, 0) is 28.5 Å². The van der Waals surface area contributed by atoms with Crippen molar-refractivity contribution < 1.29 is 0 Å². The Kier molecular flexibility index (Phi) is 1.24. The minimum Gasteiger partial charge on any atom is -0.0974 e. The van der Waals surface area contributed by atoms with Crippen molar-refractivity contribution in [2.24, 2.45) is 0 Å². The average molecular weight is 172 g/mol. The minimum absolute atomic E-state index is 1.12. The average Bonchev–Trinajstić information content (AvgIpc) is 2.14. The third-order valence-corrected chi connectivity index (χ3v) is 3.41. The molecule has 0 atom stereocenters. The highest BCUT2D eigenvalue weighted by atomic mass is 32.2. The molecule has 0 amide bonds. The first-order chi connectivity index (χ1) is 5.97. The van der Waals surface area contributed by atoms with E-state index in [1.54, 1.807) is 0 Å². The molecule has 1 heterocycles. The van der Waals surface area contributed by atoms with Gasteiger partial charge in [0.2, 0.25) is 0 Å². The van der Waals surface area contributed by atoms with Crippen LogP contribution in [-0.2, 0) is 0 Å². The number of rotatable bonds is 0. The largest absolute Gasteiger partial charge is 0.0974 e. The van der Waals surface area contributed by atoms with Gasteiger partial charge in [0, 0.05) is 4.91 Å². The van der Waals surface area contributed by atoms with Crippen LogP contribution in [0.25, 0.3) is 10.5 Å². The Morgan fingerprint density at radius 1 is 1.08 bits per heavy atom. The van der Waals surface area contributed by atoms with E-state index < -0.39 is 0 Å². The number of benzene rings is 1. The van der Waals surface area contributed by atoms with Crippen molar-refractivity contribution in [3.63, 3.8) is 0 Å². The quantitative estimate of drug-likeness (QED) is 0.577. The predicted octanol–water partition coefficient (Wildman–Crippen LogP) is 3.52. The van der Waals surface area contributed by atoms with E-state index in [4.69, 9.17) is 0 Å². The molecule has 1 aromatic carbocycles. The van der Waals surface area contributed by atoms with Gasteiger partial charge >= 0.3 is 0 Å². The van der Waals surface area contributed by atoms with Gasteiger partial charge in [0.15, 0.2) is 0 Å². The van der Waals surface area contributed by atoms with Gasteiger partial charge in [0.25, 0.3) is 0 Å². The Labute approximate surface area is 76.0 Å². The normalized spacial score (nSPS) is 18.3. The van der Waals surface area contributed by atoms with Crippen molar-refractivity contribution in [1.29, 1.82) is 0 Å². The second-order valence-electron chi connectivity index (χ2n) is 3.05. The van der Waals surface area contributed by atoms with Crippen molar-refractivity contribution in [3.8, 4) is 0 Å². The summed E-state index contributed by atoms with van der Waals surface area (Å²) in [6, 6.07) is 8.65. The number of hydrogen-bond donors (Lipinski definition) is 0. The standard InChI is InChI=1S/C11H8S/c1-2-5-9-8(4-1)10-6-3-7-12-11(9)10/h1-5,7H,6H2. The molecule has 0 aromatic heterocycles. The van der Waals surface area contributed by atoms with Crippen LogP contribution < -0.4 is 0 Å². The van der Waals surface area contributed by atoms with Crippen LogP contribution >= 0.6 is 11.8 Å². The zero-order chi connectivity index (χ0) is 7.97. The first kappa shape index (κ1) is 6.55. The molecule has 1 heteroatoms. The molecule has 0 fully saturated rings. The van der Waals surface area contributed by atoms with Crippen LogP contribution in [0.4, 0.5) is 0 Å². The molecule has 0 N–H and O–H groups in total. The fraction of sp³-hybridized carbons (Fsp3) is 0.0909. The Hall–Kier alpha value is -0.950. The van der Waals surface area contributed by atoms with Crippen LogP contribution in [0.1, 0.15) is 17.5 Å². The van der Waals surface area contributed by atoms with Crippen molar-refractivity contribution in [2.75, 3.05) is 0 Å². The predicted molar refractivity (Wildman–Crippen MR) is 54.6 cm³/mol. The third kappa shape index (κ3) is 0.695. The van der Waals surface area contributed by atoms with Crippen molar-refractivity contribution in [1.82, 2.24) is 0 Å². The highest BCUT2D eigenvalue weighted by Crippen LogP contribution is 2.50. The maximum absolute atomic E-state index is 2.24. The van der Waals surface area contributed by atoms with Crippen molar-refractivity contribution in [2.45, 2.75) is 6.42 Å². The summed E-state index contributed by atoms with van der Waals surface area (Å²) in [5, 5.41) is 2.19. The molecule has 0 unspecified atom stereocenters. The van der Waals surface area contributed by atoms with E-state index in [-0.39, 0.29) is 0 Å². The minimum atomic E-state index is 1.12. The second-order valence-corrected chi connectivity index (χ2v) is 3.96. The van der Waals surface area contributed by atoms with Gasteiger partial charge < -0.3 is 0 Å². The molecule has 12 heavy (non-hydrogen) atoms. The van der Waals surface area contributed by atoms with Gasteiger partial charge in [-0.25, -0.2) is 0 Å². The smallest absolute Gasteiger partial charge is 0.0236 e. The summed E-state index contributed by atoms with van der Waals surface area (Å²) in [5.41, 5.74) is 4.45. The highest BCUT2D eigenvalue weighted by Gasteiger charge is 2.25. The SMILES string of the molecule is C1=CSC2=C(C1)c1ccccc12. The Morgan fingerprint density at radius 2 is 1.92 bits per heavy atom. The Morgan fingerprint density at radius 3 is 2.83 bits per heavy atom. The monoisotopic (exact) mass is 172 g/mol. The van der Waals surface area contributed by atoms with Crippen molar-refractivity contribution in [3.05, 3.63) is 46.9 Å². The highest BCUT2D eigenvalue weighted by molar-refractivity contribution is 8.11. The molecule has 3 rings (SSSR count). The topological polar surface area (TPSA) is 0 Å². The Bertz CT molecular complexity index is 362. The van der Waals surface area contributed by atoms with E-state index >= 15 is 0 Å². The molecular formula is C11H8S. The van der Waals surface area contributed by atoms with E-state index in [2.05, 4.69) is 35.7 Å². The van der Waals surface area contributed by atoms with E-state index in [0.29, 0.717) is 0 Å². The van der Waals surface area contributed by atoms with Gasteiger partial charge in [-0.2, -0.15) is 0 Å². The zero-order valence-electron chi connectivity index (χ0n) is 6.58. The lowest BCUT2D eigenvalue weighted by Gasteiger charge is -2.28. The first-order valence-electron chi connectivity index (χ1n) is 4.11. The number of fused-ring (bicyclic) bond motifs is 3. The number of hydrogen-bond acceptors (Lipinski definition) is 1. The first-order valence-corrected chi connectivity index (χ1v) is 4.99. The van der Waals surface area contributed by atoms with E-state index in [9.17, 15) is 0 Å². The van der Waals surface area contributed by atoms with Crippen LogP contribution in [0, 0.1) is 0 Å². The van der Waals surface area contributed by atoms with Crippen LogP contribution in [0.15, 0.2) is 35.7 Å². The van der Waals surface area contributed by atoms with Crippen LogP contribution in [0.3, 0.4) is 0 Å². The fourth-order valence-electron chi connectivity index (χ4n) is 1.79. The molecular weight excluding hydrogens is 164 g/mol. The van der Waals surface area contributed by atoms with Crippen LogP contribution in [0.5, 0.6) is 0 Å². The summed E-state index contributed by atoms with van der Waals surface area (Å²) in [6.07, 6.45) is 3.36. The summed E-state index contributed by atoms with van der Waals surface area (Å²) < 4.78 is 0. The molecule has 1 aliphatic heterocycles. The van der Waals surface area contributed by atoms with Crippen LogP contribution in [-0.4, -0.2) is 0 Å². The summed E-state index contributed by atoms with van der Waals surface area (Å²) in [7, 11) is 0. The molecule has 0 saturated heterocycles. The lowest BCUT2D eigenvalue weighted by molar-refractivity contribution is 1.35. The molecule has 1 aliphatic carbocycles. The fourth-order valence-corrected chi connectivity index (χ4v) is 2.76.